The van der Waals surface area contributed by atoms with Crippen molar-refractivity contribution < 1.29 is 9.57 Å². The molecule has 0 saturated carbocycles. The highest BCUT2D eigenvalue weighted by molar-refractivity contribution is 5.30. The third-order valence-electron chi connectivity index (χ3n) is 1.28. The summed E-state index contributed by atoms with van der Waals surface area (Å²) in [6.07, 6.45) is 0. The first-order valence-electron chi connectivity index (χ1n) is 3.34. The van der Waals surface area contributed by atoms with Crippen LogP contribution in [0.25, 0.3) is 0 Å². The fraction of sp³-hybridized carbons (Fsp3) is 0.250. The van der Waals surface area contributed by atoms with E-state index in [1.165, 1.54) is 0 Å². The number of hydroxylamine groups is 1. The molecule has 0 saturated heterocycles. The lowest BCUT2D eigenvalue weighted by atomic mass is 10.3. The lowest BCUT2D eigenvalue weighted by molar-refractivity contribution is 0.223. The van der Waals surface area contributed by atoms with E-state index >= 15 is 0 Å². The zero-order valence-corrected chi connectivity index (χ0v) is 6.63. The zero-order valence-electron chi connectivity index (χ0n) is 6.63. The van der Waals surface area contributed by atoms with Gasteiger partial charge in [0, 0.05) is 7.05 Å². The van der Waals surface area contributed by atoms with Crippen LogP contribution in [-0.2, 0) is 0 Å². The van der Waals surface area contributed by atoms with Gasteiger partial charge in [-0.15, -0.1) is 0 Å². The van der Waals surface area contributed by atoms with E-state index in [0.29, 0.717) is 0 Å². The summed E-state index contributed by atoms with van der Waals surface area (Å²) < 4.78 is 4.97. The van der Waals surface area contributed by atoms with Gasteiger partial charge in [-0.2, -0.15) is 5.48 Å². The van der Waals surface area contributed by atoms with Gasteiger partial charge in [0.25, 0.3) is 0 Å². The minimum Gasteiger partial charge on any atom is -0.497 e. The lowest BCUT2D eigenvalue weighted by Gasteiger charge is -2.03. The van der Waals surface area contributed by atoms with E-state index in [0.717, 1.165) is 11.5 Å². The molecule has 3 heteroatoms. The van der Waals surface area contributed by atoms with E-state index in [1.54, 1.807) is 14.2 Å². The molecule has 11 heavy (non-hydrogen) atoms. The second-order valence-corrected chi connectivity index (χ2v) is 1.98. The Bertz CT molecular complexity index is 208. The number of nitrogens with one attached hydrogen (secondary N) is 1. The predicted octanol–water partition coefficient (Wildman–Crippen LogP) is 1.21. The van der Waals surface area contributed by atoms with E-state index in [2.05, 4.69) is 5.48 Å². The standard InChI is InChI=1S/C8H11NO2/c1-9-11-8-5-3-7(10-2)4-6-8/h3-6,9H,1-2H3. The average Bonchev–Trinajstić information content (AvgIpc) is 2.07. The Morgan fingerprint density at radius 3 is 2.09 bits per heavy atom. The van der Waals surface area contributed by atoms with E-state index in [1.807, 2.05) is 24.3 Å². The first kappa shape index (κ1) is 7.88. The molecule has 3 nitrogen and oxygen atoms in total. The van der Waals surface area contributed by atoms with E-state index in [4.69, 9.17) is 9.57 Å². The third kappa shape index (κ3) is 2.13. The fourth-order valence-corrected chi connectivity index (χ4v) is 0.762. The van der Waals surface area contributed by atoms with Crippen LogP contribution in [0.4, 0.5) is 0 Å². The summed E-state index contributed by atoms with van der Waals surface area (Å²) in [6.45, 7) is 0. The smallest absolute Gasteiger partial charge is 0.147 e. The van der Waals surface area contributed by atoms with Crippen LogP contribution >= 0.6 is 0 Å². The van der Waals surface area contributed by atoms with E-state index < -0.39 is 0 Å². The molecule has 1 aromatic rings. The maximum absolute atomic E-state index is 5.00. The Morgan fingerprint density at radius 1 is 1.09 bits per heavy atom. The summed E-state index contributed by atoms with van der Waals surface area (Å²) in [5.74, 6) is 1.60. The number of methoxy groups -OCH3 is 1. The number of hydrogen-bond acceptors (Lipinski definition) is 3. The van der Waals surface area contributed by atoms with Crippen molar-refractivity contribution in [2.75, 3.05) is 14.2 Å². The average molecular weight is 153 g/mol. The molecule has 0 atom stereocenters. The van der Waals surface area contributed by atoms with Crippen LogP contribution in [-0.4, -0.2) is 14.2 Å². The van der Waals surface area contributed by atoms with Gasteiger partial charge in [-0.05, 0) is 24.3 Å². The quantitative estimate of drug-likeness (QED) is 0.662. The van der Waals surface area contributed by atoms with Crippen LogP contribution in [0.2, 0.25) is 0 Å². The largest absolute Gasteiger partial charge is 0.497 e. The van der Waals surface area contributed by atoms with Gasteiger partial charge in [0.15, 0.2) is 0 Å². The fourth-order valence-electron chi connectivity index (χ4n) is 0.762. The zero-order chi connectivity index (χ0) is 8.10. The van der Waals surface area contributed by atoms with Crippen molar-refractivity contribution in [3.8, 4) is 11.5 Å². The number of benzene rings is 1. The topological polar surface area (TPSA) is 30.5 Å². The molecule has 0 radical (unpaired) electrons. The van der Waals surface area contributed by atoms with Gasteiger partial charge in [-0.3, -0.25) is 0 Å². The summed E-state index contributed by atoms with van der Waals surface area (Å²) in [5.41, 5.74) is 2.58. The van der Waals surface area contributed by atoms with Gasteiger partial charge >= 0.3 is 0 Å². The van der Waals surface area contributed by atoms with Gasteiger partial charge in [0.1, 0.15) is 11.5 Å². The van der Waals surface area contributed by atoms with Crippen LogP contribution < -0.4 is 15.1 Å². The van der Waals surface area contributed by atoms with Crippen molar-refractivity contribution >= 4 is 0 Å². The number of ether oxygens (including phenoxy) is 1. The number of hydrogen-bond donors (Lipinski definition) is 1. The second-order valence-electron chi connectivity index (χ2n) is 1.98. The molecule has 60 valence electrons. The molecule has 0 aliphatic heterocycles. The molecule has 0 unspecified atom stereocenters. The highest BCUT2D eigenvalue weighted by Crippen LogP contribution is 2.15. The van der Waals surface area contributed by atoms with Crippen LogP contribution in [0.1, 0.15) is 0 Å². The molecule has 0 fully saturated rings. The number of rotatable bonds is 3. The van der Waals surface area contributed by atoms with E-state index in [9.17, 15) is 0 Å². The van der Waals surface area contributed by atoms with Crippen LogP contribution in [0.5, 0.6) is 11.5 Å². The summed E-state index contributed by atoms with van der Waals surface area (Å²) in [6, 6.07) is 7.34. The van der Waals surface area contributed by atoms with Gasteiger partial charge < -0.3 is 9.57 Å². The Labute approximate surface area is 65.9 Å². The summed E-state index contributed by atoms with van der Waals surface area (Å²) in [5, 5.41) is 0. The first-order chi connectivity index (χ1) is 5.36. The van der Waals surface area contributed by atoms with Crippen LogP contribution in [0, 0.1) is 0 Å². The monoisotopic (exact) mass is 153 g/mol. The molecule has 1 rings (SSSR count). The van der Waals surface area contributed by atoms with Crippen LogP contribution in [0.15, 0.2) is 24.3 Å². The minimum absolute atomic E-state index is 0.772. The summed E-state index contributed by atoms with van der Waals surface area (Å²) >= 11 is 0. The van der Waals surface area contributed by atoms with Crippen molar-refractivity contribution in [1.82, 2.24) is 5.48 Å². The molecule has 0 heterocycles. The van der Waals surface area contributed by atoms with Gasteiger partial charge in [-0.25, -0.2) is 0 Å². The van der Waals surface area contributed by atoms with Crippen molar-refractivity contribution in [2.45, 2.75) is 0 Å². The van der Waals surface area contributed by atoms with Gasteiger partial charge in [0.05, 0.1) is 7.11 Å². The Hall–Kier alpha value is -1.22. The van der Waals surface area contributed by atoms with Crippen LogP contribution in [0.3, 0.4) is 0 Å². The summed E-state index contributed by atoms with van der Waals surface area (Å²) in [7, 11) is 3.35. The first-order valence-corrected chi connectivity index (χ1v) is 3.34. The minimum atomic E-state index is 0.772. The van der Waals surface area contributed by atoms with Crippen molar-refractivity contribution in [2.24, 2.45) is 0 Å². The maximum atomic E-state index is 5.00. The molecule has 0 aliphatic rings. The molecular formula is C8H11NO2. The lowest BCUT2D eigenvalue weighted by Crippen LogP contribution is -2.10. The third-order valence-corrected chi connectivity index (χ3v) is 1.28. The molecule has 1 aromatic carbocycles. The highest BCUT2D eigenvalue weighted by Gasteiger charge is 1.92. The normalized spacial score (nSPS) is 9.27. The van der Waals surface area contributed by atoms with E-state index in [-0.39, 0.29) is 0 Å². The van der Waals surface area contributed by atoms with Gasteiger partial charge in [-0.1, -0.05) is 0 Å². The Morgan fingerprint density at radius 2 is 1.64 bits per heavy atom. The Balaban J connectivity index is 2.66. The SMILES string of the molecule is CNOc1ccc(OC)cc1. The predicted molar refractivity (Wildman–Crippen MR) is 42.7 cm³/mol. The van der Waals surface area contributed by atoms with Crippen molar-refractivity contribution in [3.63, 3.8) is 0 Å². The molecule has 0 bridgehead atoms. The molecule has 0 aliphatic carbocycles. The molecule has 0 spiro atoms. The second kappa shape index (κ2) is 3.83. The maximum Gasteiger partial charge on any atom is 0.147 e. The summed E-state index contributed by atoms with van der Waals surface area (Å²) in [4.78, 5) is 5.00. The highest BCUT2D eigenvalue weighted by atomic mass is 16.6. The molecular weight excluding hydrogens is 142 g/mol. The van der Waals surface area contributed by atoms with Crippen molar-refractivity contribution in [1.29, 1.82) is 0 Å². The molecule has 1 N–H and O–H groups in total. The molecule has 0 amide bonds. The van der Waals surface area contributed by atoms with Gasteiger partial charge in [0.2, 0.25) is 0 Å². The Kier molecular flexibility index (Phi) is 2.74. The van der Waals surface area contributed by atoms with Crippen molar-refractivity contribution in [3.05, 3.63) is 24.3 Å². The molecule has 0 aromatic heterocycles.